The summed E-state index contributed by atoms with van der Waals surface area (Å²) in [5.41, 5.74) is 2.35. The van der Waals surface area contributed by atoms with Gasteiger partial charge in [0.1, 0.15) is 12.2 Å². The first-order chi connectivity index (χ1) is 23.7. The molecule has 2 aromatic rings. The van der Waals surface area contributed by atoms with Gasteiger partial charge in [0.05, 0.1) is 32.8 Å². The zero-order valence-electron chi connectivity index (χ0n) is 28.9. The lowest BCUT2D eigenvalue weighted by molar-refractivity contribution is -0.138. The molecule has 13 heteroatoms. The molecule has 0 aliphatic heterocycles. The molecule has 4 amide bonds. The van der Waals surface area contributed by atoms with Crippen molar-refractivity contribution in [2.45, 2.75) is 84.2 Å². The van der Waals surface area contributed by atoms with Gasteiger partial charge in [-0.2, -0.15) is 0 Å². The summed E-state index contributed by atoms with van der Waals surface area (Å²) in [5.74, 6) is -1.30. The fourth-order valence-electron chi connectivity index (χ4n) is 5.82. The van der Waals surface area contributed by atoms with E-state index in [9.17, 15) is 24.0 Å². The van der Waals surface area contributed by atoms with Gasteiger partial charge in [-0.05, 0) is 82.2 Å². The van der Waals surface area contributed by atoms with Crippen LogP contribution in [-0.2, 0) is 35.2 Å². The second-order valence-electron chi connectivity index (χ2n) is 12.3. The Morgan fingerprint density at radius 1 is 0.878 bits per heavy atom. The van der Waals surface area contributed by atoms with Gasteiger partial charge in [-0.25, -0.2) is 0 Å². The average molecular weight is 684 g/mol. The van der Waals surface area contributed by atoms with Crippen LogP contribution in [0.5, 0.6) is 0 Å². The maximum absolute atomic E-state index is 13.2. The third kappa shape index (κ3) is 14.4. The normalized spacial score (nSPS) is 15.7. The van der Waals surface area contributed by atoms with Crippen LogP contribution < -0.4 is 20.9 Å². The summed E-state index contributed by atoms with van der Waals surface area (Å²) >= 11 is 0. The summed E-state index contributed by atoms with van der Waals surface area (Å²) in [6.07, 6.45) is 7.27. The molecule has 3 rings (SSSR count). The number of aryl methyl sites for hydroxylation is 1. The molecule has 1 aliphatic rings. The van der Waals surface area contributed by atoms with Crippen molar-refractivity contribution in [3.8, 4) is 0 Å². The first kappa shape index (κ1) is 39.2. The van der Waals surface area contributed by atoms with Gasteiger partial charge in [0, 0.05) is 49.9 Å². The minimum Gasteiger partial charge on any atom is -0.481 e. The third-order valence-corrected chi connectivity index (χ3v) is 8.51. The molecule has 1 fully saturated rings. The summed E-state index contributed by atoms with van der Waals surface area (Å²) in [6, 6.07) is 11.3. The van der Waals surface area contributed by atoms with Crippen molar-refractivity contribution in [1.29, 1.82) is 0 Å². The van der Waals surface area contributed by atoms with Gasteiger partial charge in [0.2, 0.25) is 17.7 Å². The molecule has 0 unspecified atom stereocenters. The van der Waals surface area contributed by atoms with Gasteiger partial charge < -0.3 is 40.0 Å². The fraction of sp³-hybridized carbons (Fsp3) is 0.583. The Kier molecular flexibility index (Phi) is 17.3. The minimum absolute atomic E-state index is 0.0304. The molecule has 1 aromatic heterocycles. The van der Waals surface area contributed by atoms with Crippen LogP contribution in [0.3, 0.4) is 0 Å². The molecule has 49 heavy (non-hydrogen) atoms. The highest BCUT2D eigenvalue weighted by molar-refractivity contribution is 5.96. The largest absolute Gasteiger partial charge is 0.481 e. The van der Waals surface area contributed by atoms with Crippen LogP contribution in [0.4, 0.5) is 5.69 Å². The second kappa shape index (κ2) is 21.7. The number of nitrogens with one attached hydrogen (secondary N) is 3. The maximum atomic E-state index is 13.2. The average Bonchev–Trinajstić information content (AvgIpc) is 3.54. The molecule has 1 aromatic carbocycles. The lowest BCUT2D eigenvalue weighted by Gasteiger charge is -2.28. The highest BCUT2D eigenvalue weighted by Crippen LogP contribution is 2.25. The molecule has 1 heterocycles. The van der Waals surface area contributed by atoms with E-state index in [1.54, 1.807) is 27.8 Å². The number of likely N-dealkylation sites (N-methyl/N-ethyl adjacent to an activating group) is 1. The molecule has 13 nitrogen and oxygen atoms in total. The molecule has 0 atom stereocenters. The monoisotopic (exact) mass is 683 g/mol. The molecule has 0 saturated heterocycles. The first-order valence-corrected chi connectivity index (χ1v) is 17.4. The van der Waals surface area contributed by atoms with Crippen LogP contribution in [0.2, 0.25) is 0 Å². The maximum Gasteiger partial charge on any atom is 0.305 e. The van der Waals surface area contributed by atoms with Crippen LogP contribution in [0.1, 0.15) is 80.8 Å². The predicted molar refractivity (Wildman–Crippen MR) is 185 cm³/mol. The van der Waals surface area contributed by atoms with Crippen LogP contribution >= 0.6 is 0 Å². The summed E-state index contributed by atoms with van der Waals surface area (Å²) in [4.78, 5) is 63.2. The first-order valence-electron chi connectivity index (χ1n) is 17.4. The number of nitrogens with zero attached hydrogens (tertiary/aromatic N) is 2. The van der Waals surface area contributed by atoms with E-state index in [0.29, 0.717) is 77.3 Å². The Labute approximate surface area is 289 Å². The number of amides is 4. The molecule has 0 spiro atoms. The van der Waals surface area contributed by atoms with Crippen molar-refractivity contribution in [1.82, 2.24) is 20.5 Å². The Hall–Kier alpha value is -4.23. The number of unbranched alkanes of at least 4 members (excludes halogenated alkanes) is 2. The van der Waals surface area contributed by atoms with E-state index in [-0.39, 0.29) is 55.2 Å². The van der Waals surface area contributed by atoms with Crippen molar-refractivity contribution >= 4 is 35.3 Å². The Bertz CT molecular complexity index is 1350. The number of hydrogen-bond acceptors (Lipinski definition) is 7. The number of aromatic nitrogens is 1. The van der Waals surface area contributed by atoms with E-state index >= 15 is 0 Å². The number of rotatable bonds is 22. The molecule has 0 radical (unpaired) electrons. The zero-order chi connectivity index (χ0) is 35.4. The van der Waals surface area contributed by atoms with Crippen molar-refractivity contribution in [2.75, 3.05) is 51.0 Å². The summed E-state index contributed by atoms with van der Waals surface area (Å²) < 4.78 is 12.2. The van der Waals surface area contributed by atoms with Gasteiger partial charge in [-0.15, -0.1) is 0 Å². The van der Waals surface area contributed by atoms with Gasteiger partial charge in [-0.3, -0.25) is 24.0 Å². The fourth-order valence-corrected chi connectivity index (χ4v) is 5.82. The number of benzene rings is 1. The number of carboxylic acids is 1. The number of carboxylic acid groups (broad SMARTS) is 1. The van der Waals surface area contributed by atoms with Crippen LogP contribution in [0, 0.1) is 12.8 Å². The van der Waals surface area contributed by atoms with E-state index in [1.165, 1.54) is 0 Å². The van der Waals surface area contributed by atoms with Crippen molar-refractivity contribution in [3.05, 3.63) is 53.9 Å². The predicted octanol–water partition coefficient (Wildman–Crippen LogP) is 3.44. The Morgan fingerprint density at radius 2 is 1.63 bits per heavy atom. The molecular formula is C36H53N5O8. The van der Waals surface area contributed by atoms with Gasteiger partial charge >= 0.3 is 5.97 Å². The quantitative estimate of drug-likeness (QED) is 0.137. The van der Waals surface area contributed by atoms with E-state index < -0.39 is 5.97 Å². The van der Waals surface area contributed by atoms with E-state index in [2.05, 4.69) is 16.0 Å². The van der Waals surface area contributed by atoms with Crippen LogP contribution in [-0.4, -0.2) is 91.4 Å². The summed E-state index contributed by atoms with van der Waals surface area (Å²) in [7, 11) is 0. The van der Waals surface area contributed by atoms with E-state index in [1.807, 2.05) is 38.1 Å². The number of carbonyl (C=O) groups excluding carboxylic acids is 4. The smallest absolute Gasteiger partial charge is 0.305 e. The van der Waals surface area contributed by atoms with Crippen molar-refractivity contribution in [2.24, 2.45) is 5.92 Å². The lowest BCUT2D eigenvalue weighted by Crippen LogP contribution is -2.42. The Morgan fingerprint density at radius 3 is 2.35 bits per heavy atom. The number of hydrogen-bond donors (Lipinski definition) is 4. The number of ether oxygens (including phenoxy) is 2. The van der Waals surface area contributed by atoms with Crippen molar-refractivity contribution < 1.29 is 38.6 Å². The summed E-state index contributed by atoms with van der Waals surface area (Å²) in [6.45, 7) is 6.63. The molecule has 270 valence electrons. The third-order valence-electron chi connectivity index (χ3n) is 8.51. The number of aliphatic carboxylic acids is 1. The highest BCUT2D eigenvalue weighted by Gasteiger charge is 2.28. The zero-order valence-corrected chi connectivity index (χ0v) is 28.9. The minimum atomic E-state index is -0.902. The second-order valence-corrected chi connectivity index (χ2v) is 12.3. The molecule has 1 aliphatic carbocycles. The Balaban J connectivity index is 1.24. The van der Waals surface area contributed by atoms with Crippen LogP contribution in [0.25, 0.3) is 0 Å². The van der Waals surface area contributed by atoms with Crippen molar-refractivity contribution in [3.63, 3.8) is 0 Å². The topological polar surface area (TPSA) is 168 Å². The highest BCUT2D eigenvalue weighted by atomic mass is 16.5. The standard InChI is InChI=1S/C36H53N5O8/c1-3-41(30-10-7-9-27(2)25-30)33(43)26-40-20-8-11-31(40)36(47)39-29-15-13-28(14-16-29)35(46)38-18-6-4-5-12-32(42)37-19-22-49-24-23-48-21-17-34(44)45/h7-11,20,25,28-29H,3-6,12-19,21-24,26H2,1-2H3,(H,37,42)(H,38,46)(H,39,47)(H,44,45). The van der Waals surface area contributed by atoms with Crippen LogP contribution in [0.15, 0.2) is 42.6 Å². The molecule has 0 bridgehead atoms. The van der Waals surface area contributed by atoms with Gasteiger partial charge in [-0.1, -0.05) is 18.6 Å². The van der Waals surface area contributed by atoms with E-state index in [4.69, 9.17) is 14.6 Å². The molecular weight excluding hydrogens is 630 g/mol. The summed E-state index contributed by atoms with van der Waals surface area (Å²) in [5, 5.41) is 17.5. The SMILES string of the molecule is CCN(C(=O)Cn1cccc1C(=O)NC1CCC(C(=O)NCCCCCC(=O)NCCOCCOCCC(=O)O)CC1)c1cccc(C)c1. The number of carbonyl (C=O) groups is 5. The van der Waals surface area contributed by atoms with Gasteiger partial charge in [0.25, 0.3) is 5.91 Å². The van der Waals surface area contributed by atoms with Gasteiger partial charge in [0.15, 0.2) is 0 Å². The molecule has 4 N–H and O–H groups in total. The number of anilines is 1. The lowest BCUT2D eigenvalue weighted by atomic mass is 9.85. The molecule has 1 saturated carbocycles. The van der Waals surface area contributed by atoms with E-state index in [0.717, 1.165) is 30.5 Å².